The van der Waals surface area contributed by atoms with E-state index in [9.17, 15) is 9.59 Å². The number of rotatable bonds is 4. The summed E-state index contributed by atoms with van der Waals surface area (Å²) < 4.78 is 7.01. The van der Waals surface area contributed by atoms with E-state index in [1.165, 1.54) is 4.90 Å². The van der Waals surface area contributed by atoms with Crippen LogP contribution in [0.5, 0.6) is 5.88 Å². The summed E-state index contributed by atoms with van der Waals surface area (Å²) in [6, 6.07) is -0.717. The molecule has 1 aromatic rings. The molecule has 1 aromatic heterocycles. The first kappa shape index (κ1) is 16.1. The van der Waals surface area contributed by atoms with Gasteiger partial charge in [-0.1, -0.05) is 6.92 Å². The van der Waals surface area contributed by atoms with Gasteiger partial charge in [-0.25, -0.2) is 9.48 Å². The molecule has 1 fully saturated rings. The lowest BCUT2D eigenvalue weighted by Crippen LogP contribution is -2.58. The van der Waals surface area contributed by atoms with Gasteiger partial charge in [-0.05, 0) is 13.3 Å². The topological polar surface area (TPSA) is 88.5 Å². The minimum absolute atomic E-state index is 0.130. The largest absolute Gasteiger partial charge is 0.481 e. The Labute approximate surface area is 129 Å². The van der Waals surface area contributed by atoms with Crippen molar-refractivity contribution in [3.05, 3.63) is 11.3 Å². The summed E-state index contributed by atoms with van der Waals surface area (Å²) in [5.74, 6) is 0.510. The van der Waals surface area contributed by atoms with E-state index < -0.39 is 6.04 Å². The van der Waals surface area contributed by atoms with Gasteiger partial charge < -0.3 is 20.3 Å². The number of piperazine rings is 1. The monoisotopic (exact) mass is 309 g/mol. The lowest BCUT2D eigenvalue weighted by molar-refractivity contribution is -0.126. The number of aromatic nitrogens is 2. The third kappa shape index (κ3) is 3.00. The predicted octanol–water partition coefficient (Wildman–Crippen LogP) is 0.0210. The van der Waals surface area contributed by atoms with Crippen LogP contribution < -0.4 is 15.4 Å². The van der Waals surface area contributed by atoms with Crippen LogP contribution in [0.25, 0.3) is 0 Å². The Morgan fingerprint density at radius 3 is 2.91 bits per heavy atom. The molecule has 0 spiro atoms. The van der Waals surface area contributed by atoms with E-state index in [4.69, 9.17) is 4.74 Å². The van der Waals surface area contributed by atoms with Crippen LogP contribution in [0.3, 0.4) is 0 Å². The number of amides is 3. The maximum atomic E-state index is 12.3. The maximum Gasteiger partial charge on any atom is 0.318 e. The molecule has 0 aliphatic carbocycles. The summed E-state index contributed by atoms with van der Waals surface area (Å²) >= 11 is 0. The lowest BCUT2D eigenvalue weighted by atomic mass is 10.2. The van der Waals surface area contributed by atoms with Crippen LogP contribution in [0.15, 0.2) is 0 Å². The second-order valence-corrected chi connectivity index (χ2v) is 5.23. The Morgan fingerprint density at radius 2 is 2.27 bits per heavy atom. The van der Waals surface area contributed by atoms with Crippen molar-refractivity contribution in [3.63, 3.8) is 0 Å². The standard InChI is InChI=1S/C14H23N5O3/c1-5-11-10(13(22-4)18(3)17-11)8-16-14(21)19-7-6-15-12(20)9(19)2/h9H,5-8H2,1-4H3,(H,15,20)(H,16,21). The summed E-state index contributed by atoms with van der Waals surface area (Å²) in [4.78, 5) is 25.5. The van der Waals surface area contributed by atoms with Gasteiger partial charge in [0.05, 0.1) is 24.9 Å². The number of ether oxygens (including phenoxy) is 1. The second kappa shape index (κ2) is 6.67. The summed E-state index contributed by atoms with van der Waals surface area (Å²) in [6.07, 6.45) is 0.755. The number of carbonyl (C=O) groups is 2. The number of hydrogen-bond donors (Lipinski definition) is 2. The highest BCUT2D eigenvalue weighted by Gasteiger charge is 2.29. The van der Waals surface area contributed by atoms with Crippen molar-refractivity contribution < 1.29 is 14.3 Å². The van der Waals surface area contributed by atoms with E-state index in [0.29, 0.717) is 25.5 Å². The molecule has 0 saturated carbocycles. The van der Waals surface area contributed by atoms with Crippen LogP contribution in [0.1, 0.15) is 25.1 Å². The van der Waals surface area contributed by atoms with E-state index in [1.54, 1.807) is 25.8 Å². The van der Waals surface area contributed by atoms with Crippen molar-refractivity contribution in [2.75, 3.05) is 20.2 Å². The van der Waals surface area contributed by atoms with Gasteiger partial charge in [0.15, 0.2) is 0 Å². The normalized spacial score (nSPS) is 18.1. The molecule has 122 valence electrons. The Balaban J connectivity index is 2.06. The molecule has 2 heterocycles. The summed E-state index contributed by atoms with van der Waals surface area (Å²) in [5, 5.41) is 9.97. The molecule has 1 aliphatic heterocycles. The van der Waals surface area contributed by atoms with Gasteiger partial charge in [-0.15, -0.1) is 0 Å². The molecule has 1 unspecified atom stereocenters. The Hall–Kier alpha value is -2.25. The average Bonchev–Trinajstić information content (AvgIpc) is 2.82. The summed E-state index contributed by atoms with van der Waals surface area (Å²) in [6.45, 7) is 5.03. The summed E-state index contributed by atoms with van der Waals surface area (Å²) in [7, 11) is 3.39. The van der Waals surface area contributed by atoms with Crippen molar-refractivity contribution in [3.8, 4) is 5.88 Å². The molecule has 0 aromatic carbocycles. The van der Waals surface area contributed by atoms with Gasteiger partial charge in [-0.3, -0.25) is 4.79 Å². The molecule has 1 atom stereocenters. The maximum absolute atomic E-state index is 12.3. The summed E-state index contributed by atoms with van der Waals surface area (Å²) in [5.41, 5.74) is 1.76. The number of aryl methyl sites for hydroxylation is 2. The number of methoxy groups -OCH3 is 1. The van der Waals surface area contributed by atoms with Gasteiger partial charge in [0, 0.05) is 20.1 Å². The van der Waals surface area contributed by atoms with Crippen LogP contribution in [0.2, 0.25) is 0 Å². The van der Waals surface area contributed by atoms with Crippen LogP contribution in [-0.2, 0) is 24.8 Å². The molecule has 1 saturated heterocycles. The quantitative estimate of drug-likeness (QED) is 0.821. The van der Waals surface area contributed by atoms with Crippen LogP contribution in [0, 0.1) is 0 Å². The van der Waals surface area contributed by atoms with Gasteiger partial charge >= 0.3 is 6.03 Å². The fraction of sp³-hybridized carbons (Fsp3) is 0.643. The minimum atomic E-state index is -0.463. The second-order valence-electron chi connectivity index (χ2n) is 5.23. The highest BCUT2D eigenvalue weighted by Crippen LogP contribution is 2.21. The Bertz CT molecular complexity index is 569. The van der Waals surface area contributed by atoms with Crippen molar-refractivity contribution >= 4 is 11.9 Å². The molecule has 1 aliphatic rings. The third-order valence-corrected chi connectivity index (χ3v) is 3.88. The van der Waals surface area contributed by atoms with Crippen molar-refractivity contribution in [2.24, 2.45) is 7.05 Å². The van der Waals surface area contributed by atoms with E-state index >= 15 is 0 Å². The van der Waals surface area contributed by atoms with Crippen molar-refractivity contribution in [2.45, 2.75) is 32.9 Å². The smallest absolute Gasteiger partial charge is 0.318 e. The zero-order valence-corrected chi connectivity index (χ0v) is 13.5. The first-order chi connectivity index (χ1) is 10.5. The fourth-order valence-electron chi connectivity index (χ4n) is 2.65. The molecule has 8 heteroatoms. The lowest BCUT2D eigenvalue weighted by Gasteiger charge is -2.32. The fourth-order valence-corrected chi connectivity index (χ4v) is 2.65. The van der Waals surface area contributed by atoms with Gasteiger partial charge in [0.25, 0.3) is 0 Å². The minimum Gasteiger partial charge on any atom is -0.481 e. The van der Waals surface area contributed by atoms with E-state index in [0.717, 1.165) is 17.7 Å². The molecular formula is C14H23N5O3. The molecule has 3 amide bonds. The highest BCUT2D eigenvalue weighted by atomic mass is 16.5. The van der Waals surface area contributed by atoms with Crippen LogP contribution >= 0.6 is 0 Å². The predicted molar refractivity (Wildman–Crippen MR) is 80.6 cm³/mol. The Kier molecular flexibility index (Phi) is 4.89. The zero-order chi connectivity index (χ0) is 16.3. The van der Waals surface area contributed by atoms with Crippen molar-refractivity contribution in [1.29, 1.82) is 0 Å². The highest BCUT2D eigenvalue weighted by molar-refractivity contribution is 5.87. The number of carbonyl (C=O) groups excluding carboxylic acids is 2. The third-order valence-electron chi connectivity index (χ3n) is 3.88. The van der Waals surface area contributed by atoms with Gasteiger partial charge in [0.1, 0.15) is 6.04 Å². The molecule has 2 N–H and O–H groups in total. The van der Waals surface area contributed by atoms with E-state index in [2.05, 4.69) is 15.7 Å². The zero-order valence-electron chi connectivity index (χ0n) is 13.5. The van der Waals surface area contributed by atoms with E-state index in [1.807, 2.05) is 6.92 Å². The molecule has 0 radical (unpaired) electrons. The number of nitrogens with one attached hydrogen (secondary N) is 2. The molecule has 8 nitrogen and oxygen atoms in total. The first-order valence-electron chi connectivity index (χ1n) is 7.40. The SMILES string of the molecule is CCc1nn(C)c(OC)c1CNC(=O)N1CCNC(=O)C1C. The van der Waals surface area contributed by atoms with Gasteiger partial charge in [0.2, 0.25) is 11.8 Å². The molecule has 22 heavy (non-hydrogen) atoms. The number of hydrogen-bond acceptors (Lipinski definition) is 4. The molecule has 2 rings (SSSR count). The number of nitrogens with zero attached hydrogens (tertiary/aromatic N) is 3. The van der Waals surface area contributed by atoms with Crippen LogP contribution in [-0.4, -0.2) is 52.9 Å². The molecular weight excluding hydrogens is 286 g/mol. The molecule has 0 bridgehead atoms. The van der Waals surface area contributed by atoms with Crippen LogP contribution in [0.4, 0.5) is 4.79 Å². The first-order valence-corrected chi connectivity index (χ1v) is 7.40. The average molecular weight is 309 g/mol. The van der Waals surface area contributed by atoms with E-state index in [-0.39, 0.29) is 11.9 Å². The van der Waals surface area contributed by atoms with Crippen molar-refractivity contribution in [1.82, 2.24) is 25.3 Å². The number of urea groups is 1. The van der Waals surface area contributed by atoms with Gasteiger partial charge in [-0.2, -0.15) is 5.10 Å². The Morgan fingerprint density at radius 1 is 1.55 bits per heavy atom.